The quantitative estimate of drug-likeness (QED) is 0.669. The van der Waals surface area contributed by atoms with Gasteiger partial charge in [0.15, 0.2) is 0 Å². The van der Waals surface area contributed by atoms with Crippen LogP contribution in [0.4, 0.5) is 0 Å². The van der Waals surface area contributed by atoms with E-state index in [1.807, 2.05) is 0 Å². The van der Waals surface area contributed by atoms with Gasteiger partial charge in [0.1, 0.15) is 0 Å². The molecule has 1 saturated heterocycles. The number of nitrogens with zero attached hydrogens (tertiary/aromatic N) is 1. The summed E-state index contributed by atoms with van der Waals surface area (Å²) in [7, 11) is 3.63. The third-order valence-corrected chi connectivity index (χ3v) is 3.46. The fourth-order valence-electron chi connectivity index (χ4n) is 2.53. The van der Waals surface area contributed by atoms with Gasteiger partial charge in [-0.05, 0) is 44.8 Å². The molecule has 1 unspecified atom stereocenters. The number of ether oxygens (including phenoxy) is 1. The Hall–Kier alpha value is -0.570. The van der Waals surface area contributed by atoms with Gasteiger partial charge in [0.2, 0.25) is 0 Å². The summed E-state index contributed by atoms with van der Waals surface area (Å²) in [6.45, 7) is 6.43. The highest BCUT2D eigenvalue weighted by Gasteiger charge is 2.33. The number of methoxy groups -OCH3 is 1. The predicted molar refractivity (Wildman–Crippen MR) is 60.6 cm³/mol. The van der Waals surface area contributed by atoms with Crippen LogP contribution in [0.15, 0.2) is 0 Å². The molecule has 1 atom stereocenters. The second-order valence-electron chi connectivity index (χ2n) is 4.93. The third kappa shape index (κ3) is 3.20. The van der Waals surface area contributed by atoms with Gasteiger partial charge in [0.05, 0.1) is 13.0 Å². The molecule has 0 N–H and O–H groups in total. The Morgan fingerprint density at radius 3 is 2.27 bits per heavy atom. The Labute approximate surface area is 92.8 Å². The lowest BCUT2D eigenvalue weighted by molar-refractivity contribution is -0.150. The molecule has 1 fully saturated rings. The predicted octanol–water partition coefficient (Wildman–Crippen LogP) is 1.77. The average molecular weight is 213 g/mol. The number of carbonyl (C=O) groups excluding carboxylic acids is 1. The normalized spacial score (nSPS) is 21.7. The van der Waals surface area contributed by atoms with Gasteiger partial charge in [-0.1, -0.05) is 13.8 Å². The summed E-state index contributed by atoms with van der Waals surface area (Å²) in [5.74, 6) is 0.947. The fourth-order valence-corrected chi connectivity index (χ4v) is 2.53. The highest BCUT2D eigenvalue weighted by molar-refractivity contribution is 5.72. The van der Waals surface area contributed by atoms with Crippen LogP contribution in [0.3, 0.4) is 0 Å². The smallest absolute Gasteiger partial charge is 0.309 e. The van der Waals surface area contributed by atoms with Crippen molar-refractivity contribution >= 4 is 5.97 Å². The van der Waals surface area contributed by atoms with Gasteiger partial charge in [-0.25, -0.2) is 0 Å². The standard InChI is InChI=1S/C12H23NO2/c1-9(2)11(12(14)15-4)10-5-7-13(3)8-6-10/h9-11H,5-8H2,1-4H3. The molecule has 0 spiro atoms. The van der Waals surface area contributed by atoms with E-state index in [2.05, 4.69) is 25.8 Å². The van der Waals surface area contributed by atoms with Crippen molar-refractivity contribution in [3.8, 4) is 0 Å². The molecule has 1 heterocycles. The third-order valence-electron chi connectivity index (χ3n) is 3.46. The summed E-state index contributed by atoms with van der Waals surface area (Å²) in [6.07, 6.45) is 2.24. The van der Waals surface area contributed by atoms with Crippen LogP contribution in [0.25, 0.3) is 0 Å². The molecule has 88 valence electrons. The van der Waals surface area contributed by atoms with Crippen molar-refractivity contribution < 1.29 is 9.53 Å². The van der Waals surface area contributed by atoms with Gasteiger partial charge in [0.25, 0.3) is 0 Å². The molecule has 0 amide bonds. The lowest BCUT2D eigenvalue weighted by Gasteiger charge is -2.34. The lowest BCUT2D eigenvalue weighted by Crippen LogP contribution is -2.38. The molecular formula is C12H23NO2. The van der Waals surface area contributed by atoms with Gasteiger partial charge in [-0.15, -0.1) is 0 Å². The maximum absolute atomic E-state index is 11.7. The monoisotopic (exact) mass is 213 g/mol. The van der Waals surface area contributed by atoms with E-state index in [-0.39, 0.29) is 11.9 Å². The van der Waals surface area contributed by atoms with E-state index in [0.29, 0.717) is 11.8 Å². The van der Waals surface area contributed by atoms with Crippen molar-refractivity contribution in [1.82, 2.24) is 4.90 Å². The molecule has 15 heavy (non-hydrogen) atoms. The Bertz CT molecular complexity index is 208. The Kier molecular flexibility index (Phi) is 4.58. The Morgan fingerprint density at radius 2 is 1.87 bits per heavy atom. The molecule has 1 rings (SSSR count). The SMILES string of the molecule is COC(=O)C(C(C)C)C1CCN(C)CC1. The summed E-state index contributed by atoms with van der Waals surface area (Å²) >= 11 is 0. The number of carbonyl (C=O) groups is 1. The number of likely N-dealkylation sites (tertiary alicyclic amines) is 1. The van der Waals surface area contributed by atoms with Crippen molar-refractivity contribution in [2.45, 2.75) is 26.7 Å². The lowest BCUT2D eigenvalue weighted by atomic mass is 9.78. The fraction of sp³-hybridized carbons (Fsp3) is 0.917. The first-order valence-corrected chi connectivity index (χ1v) is 5.82. The molecule has 1 aliphatic rings. The summed E-state index contributed by atoms with van der Waals surface area (Å²) in [6, 6.07) is 0. The van der Waals surface area contributed by atoms with Crippen molar-refractivity contribution in [3.05, 3.63) is 0 Å². The van der Waals surface area contributed by atoms with Crippen LogP contribution in [0.1, 0.15) is 26.7 Å². The van der Waals surface area contributed by atoms with Crippen molar-refractivity contribution in [3.63, 3.8) is 0 Å². The van der Waals surface area contributed by atoms with Crippen molar-refractivity contribution in [2.24, 2.45) is 17.8 Å². The van der Waals surface area contributed by atoms with E-state index in [9.17, 15) is 4.79 Å². The van der Waals surface area contributed by atoms with Crippen LogP contribution in [-0.2, 0) is 9.53 Å². The van der Waals surface area contributed by atoms with Gasteiger partial charge >= 0.3 is 5.97 Å². The van der Waals surface area contributed by atoms with E-state index in [1.165, 1.54) is 7.11 Å². The van der Waals surface area contributed by atoms with Crippen LogP contribution >= 0.6 is 0 Å². The van der Waals surface area contributed by atoms with E-state index >= 15 is 0 Å². The molecule has 3 heteroatoms. The largest absolute Gasteiger partial charge is 0.469 e. The zero-order chi connectivity index (χ0) is 11.4. The van der Waals surface area contributed by atoms with Gasteiger partial charge < -0.3 is 9.64 Å². The molecule has 0 bridgehead atoms. The molecule has 0 saturated carbocycles. The molecule has 0 aliphatic carbocycles. The molecule has 0 aromatic rings. The van der Waals surface area contributed by atoms with E-state index < -0.39 is 0 Å². The first-order chi connectivity index (χ1) is 7.06. The van der Waals surface area contributed by atoms with Crippen LogP contribution < -0.4 is 0 Å². The molecule has 0 aromatic heterocycles. The zero-order valence-electron chi connectivity index (χ0n) is 10.3. The van der Waals surface area contributed by atoms with Gasteiger partial charge in [0, 0.05) is 0 Å². The second kappa shape index (κ2) is 5.50. The summed E-state index contributed by atoms with van der Waals surface area (Å²) in [5, 5.41) is 0. The number of rotatable bonds is 3. The van der Waals surface area contributed by atoms with Crippen LogP contribution in [-0.4, -0.2) is 38.1 Å². The van der Waals surface area contributed by atoms with Crippen molar-refractivity contribution in [2.75, 3.05) is 27.2 Å². The number of hydrogen-bond donors (Lipinski definition) is 0. The minimum atomic E-state index is -0.0282. The summed E-state index contributed by atoms with van der Waals surface area (Å²) < 4.78 is 4.90. The Morgan fingerprint density at radius 1 is 1.33 bits per heavy atom. The molecule has 0 aromatic carbocycles. The minimum absolute atomic E-state index is 0.0282. The minimum Gasteiger partial charge on any atom is -0.469 e. The summed E-state index contributed by atoms with van der Waals surface area (Å²) in [4.78, 5) is 14.0. The Balaban J connectivity index is 2.60. The first-order valence-electron chi connectivity index (χ1n) is 5.82. The topological polar surface area (TPSA) is 29.5 Å². The van der Waals surface area contributed by atoms with Crippen LogP contribution in [0.2, 0.25) is 0 Å². The van der Waals surface area contributed by atoms with Crippen LogP contribution in [0, 0.1) is 17.8 Å². The van der Waals surface area contributed by atoms with Gasteiger partial charge in [-0.3, -0.25) is 4.79 Å². The van der Waals surface area contributed by atoms with E-state index in [1.54, 1.807) is 0 Å². The number of piperidine rings is 1. The summed E-state index contributed by atoms with van der Waals surface area (Å²) in [5.41, 5.74) is 0. The second-order valence-corrected chi connectivity index (χ2v) is 4.93. The van der Waals surface area contributed by atoms with E-state index in [0.717, 1.165) is 25.9 Å². The molecular weight excluding hydrogens is 190 g/mol. The molecule has 3 nitrogen and oxygen atoms in total. The highest BCUT2D eigenvalue weighted by atomic mass is 16.5. The zero-order valence-corrected chi connectivity index (χ0v) is 10.3. The first kappa shape index (κ1) is 12.5. The maximum atomic E-state index is 11.7. The molecule has 1 aliphatic heterocycles. The van der Waals surface area contributed by atoms with Gasteiger partial charge in [-0.2, -0.15) is 0 Å². The molecule has 0 radical (unpaired) electrons. The van der Waals surface area contributed by atoms with E-state index in [4.69, 9.17) is 4.74 Å². The average Bonchev–Trinajstić information content (AvgIpc) is 2.20. The highest BCUT2D eigenvalue weighted by Crippen LogP contribution is 2.30. The number of esters is 1. The van der Waals surface area contributed by atoms with Crippen LogP contribution in [0.5, 0.6) is 0 Å². The number of hydrogen-bond acceptors (Lipinski definition) is 3. The van der Waals surface area contributed by atoms with Crippen molar-refractivity contribution in [1.29, 1.82) is 0 Å². The maximum Gasteiger partial charge on any atom is 0.309 e.